The number of primary amides is 1. The van der Waals surface area contributed by atoms with E-state index in [0.717, 1.165) is 0 Å². The highest BCUT2D eigenvalue weighted by Gasteiger charge is 2.19. The van der Waals surface area contributed by atoms with Gasteiger partial charge in [0.1, 0.15) is 12.1 Å². The third-order valence-corrected chi connectivity index (χ3v) is 3.81. The lowest BCUT2D eigenvalue weighted by molar-refractivity contribution is -0.113. The summed E-state index contributed by atoms with van der Waals surface area (Å²) in [5.74, 6) is -1.44. The van der Waals surface area contributed by atoms with Crippen molar-refractivity contribution < 1.29 is 13.9 Å². The van der Waals surface area contributed by atoms with Crippen molar-refractivity contribution in [2.45, 2.75) is 13.8 Å². The maximum atomic E-state index is 14.4. The van der Waals surface area contributed by atoms with Crippen LogP contribution in [0.25, 0.3) is 28.5 Å². The van der Waals surface area contributed by atoms with Crippen LogP contribution in [-0.4, -0.2) is 32.4 Å². The van der Waals surface area contributed by atoms with Gasteiger partial charge < -0.3 is 15.5 Å². The number of aromatic nitrogens is 4. The van der Waals surface area contributed by atoms with Gasteiger partial charge in [-0.3, -0.25) is 4.79 Å². The average molecular weight is 380 g/mol. The number of rotatable bonds is 6. The van der Waals surface area contributed by atoms with E-state index < -0.39 is 17.1 Å². The van der Waals surface area contributed by atoms with Gasteiger partial charge >= 0.3 is 0 Å². The number of nitrogens with zero attached hydrogens (tertiary/aromatic N) is 4. The molecule has 0 unspecified atom stereocenters. The van der Waals surface area contributed by atoms with Crippen molar-refractivity contribution in [3.8, 4) is 23.2 Å². The molecule has 3 heterocycles. The Morgan fingerprint density at radius 1 is 1.43 bits per heavy atom. The molecule has 0 aliphatic carbocycles. The third kappa shape index (κ3) is 4.12. The van der Waals surface area contributed by atoms with E-state index in [4.69, 9.17) is 15.7 Å². The quantitative estimate of drug-likeness (QED) is 0.632. The van der Waals surface area contributed by atoms with Gasteiger partial charge in [0.2, 0.25) is 11.8 Å². The summed E-state index contributed by atoms with van der Waals surface area (Å²) >= 11 is 0. The molecule has 0 spiro atoms. The summed E-state index contributed by atoms with van der Waals surface area (Å²) in [6.45, 7) is 3.38. The van der Waals surface area contributed by atoms with Crippen molar-refractivity contribution in [3.05, 3.63) is 42.1 Å². The van der Waals surface area contributed by atoms with Crippen LogP contribution < -0.4 is 10.5 Å². The molecule has 3 aromatic rings. The van der Waals surface area contributed by atoms with Crippen molar-refractivity contribution in [2.75, 3.05) is 6.61 Å². The highest BCUT2D eigenvalue weighted by Crippen LogP contribution is 2.25. The van der Waals surface area contributed by atoms with E-state index >= 15 is 0 Å². The van der Waals surface area contributed by atoms with Crippen LogP contribution in [-0.2, 0) is 4.79 Å². The number of H-pyrrole nitrogens is 1. The second-order valence-electron chi connectivity index (χ2n) is 6.73. The van der Waals surface area contributed by atoms with E-state index in [1.54, 1.807) is 20.0 Å². The zero-order valence-corrected chi connectivity index (χ0v) is 15.2. The van der Waals surface area contributed by atoms with E-state index in [9.17, 15) is 9.18 Å². The van der Waals surface area contributed by atoms with Crippen LogP contribution in [0.1, 0.15) is 19.4 Å². The molecule has 3 N–H and O–H groups in total. The molecule has 0 aliphatic rings. The Morgan fingerprint density at radius 2 is 2.21 bits per heavy atom. The fraction of sp³-hybridized carbons (Fsp3) is 0.211. The van der Waals surface area contributed by atoms with Gasteiger partial charge in [0.15, 0.2) is 11.5 Å². The van der Waals surface area contributed by atoms with Gasteiger partial charge in [-0.15, -0.1) is 0 Å². The van der Waals surface area contributed by atoms with Crippen LogP contribution in [0.2, 0.25) is 0 Å². The predicted octanol–water partition coefficient (Wildman–Crippen LogP) is 2.59. The van der Waals surface area contributed by atoms with Crippen LogP contribution in [0.3, 0.4) is 0 Å². The molecule has 0 fully saturated rings. The molecule has 0 radical (unpaired) electrons. The zero-order chi connectivity index (χ0) is 20.3. The monoisotopic (exact) mass is 380 g/mol. The molecule has 0 saturated carbocycles. The van der Waals surface area contributed by atoms with Gasteiger partial charge in [0, 0.05) is 29.6 Å². The zero-order valence-electron chi connectivity index (χ0n) is 15.2. The number of nitrogens with one attached hydrogen (secondary N) is 1. The molecule has 28 heavy (non-hydrogen) atoms. The van der Waals surface area contributed by atoms with E-state index in [2.05, 4.69) is 26.0 Å². The number of carbonyl (C=O) groups excluding carboxylic acids is 1. The number of hydrogen-bond donors (Lipinski definition) is 2. The van der Waals surface area contributed by atoms with Crippen LogP contribution >= 0.6 is 0 Å². The number of nitrogens with two attached hydrogens (primary N) is 1. The number of carbonyl (C=O) groups is 1. The Balaban J connectivity index is 1.90. The van der Waals surface area contributed by atoms with Crippen LogP contribution in [0.4, 0.5) is 4.39 Å². The van der Waals surface area contributed by atoms with Crippen molar-refractivity contribution >= 4 is 23.1 Å². The Labute approximate surface area is 159 Å². The molecule has 142 valence electrons. The second-order valence-corrected chi connectivity index (χ2v) is 6.73. The molecular formula is C19H17FN6O2. The maximum Gasteiger partial charge on any atom is 0.250 e. The van der Waals surface area contributed by atoms with Gasteiger partial charge in [0.05, 0.1) is 23.4 Å². The molecule has 3 aromatic heterocycles. The first kappa shape index (κ1) is 19.0. The molecule has 1 amide bonds. The van der Waals surface area contributed by atoms with Crippen LogP contribution in [0, 0.1) is 22.6 Å². The highest BCUT2D eigenvalue weighted by atomic mass is 19.1. The normalized spacial score (nSPS) is 11.6. The number of nitriles is 1. The Kier molecular flexibility index (Phi) is 5.04. The first-order valence-electron chi connectivity index (χ1n) is 8.31. The van der Waals surface area contributed by atoms with Crippen molar-refractivity contribution in [1.29, 1.82) is 5.26 Å². The number of halogens is 1. The Hall–Kier alpha value is -3.80. The standard InChI is InChI=1S/C19H17FN6O2/c1-19(2,9-21)10-28-18-13(20)5-12(7-25-18)14-8-24-17-16(26-14)11(6-23-17)3-4-15(22)27/h3-8H,10H2,1-2H3,(H2,22,27)(H,23,24)/b4-3+. The summed E-state index contributed by atoms with van der Waals surface area (Å²) < 4.78 is 19.7. The van der Waals surface area contributed by atoms with Gasteiger partial charge in [-0.25, -0.2) is 19.3 Å². The molecular weight excluding hydrogens is 363 g/mol. The molecule has 0 atom stereocenters. The van der Waals surface area contributed by atoms with Gasteiger partial charge in [0.25, 0.3) is 0 Å². The van der Waals surface area contributed by atoms with Crippen LogP contribution in [0.5, 0.6) is 5.88 Å². The lowest BCUT2D eigenvalue weighted by Gasteiger charge is -2.15. The molecule has 9 heteroatoms. The Bertz CT molecular complexity index is 1110. The first-order chi connectivity index (χ1) is 13.3. The summed E-state index contributed by atoms with van der Waals surface area (Å²) in [6, 6.07) is 3.31. The molecule has 0 aromatic carbocycles. The topological polar surface area (TPSA) is 131 Å². The predicted molar refractivity (Wildman–Crippen MR) is 100 cm³/mol. The molecule has 3 rings (SSSR count). The van der Waals surface area contributed by atoms with E-state index in [-0.39, 0.29) is 12.5 Å². The van der Waals surface area contributed by atoms with Crippen molar-refractivity contribution in [1.82, 2.24) is 19.9 Å². The van der Waals surface area contributed by atoms with Crippen molar-refractivity contribution in [3.63, 3.8) is 0 Å². The minimum absolute atomic E-state index is 0.0113. The molecule has 8 nitrogen and oxygen atoms in total. The van der Waals surface area contributed by atoms with Crippen molar-refractivity contribution in [2.24, 2.45) is 11.1 Å². The summed E-state index contributed by atoms with van der Waals surface area (Å²) in [7, 11) is 0. The largest absolute Gasteiger partial charge is 0.474 e. The highest BCUT2D eigenvalue weighted by molar-refractivity contribution is 5.93. The van der Waals surface area contributed by atoms with E-state index in [0.29, 0.717) is 28.0 Å². The van der Waals surface area contributed by atoms with Gasteiger partial charge in [-0.1, -0.05) is 0 Å². The molecule has 0 saturated heterocycles. The lowest BCUT2D eigenvalue weighted by atomic mass is 9.98. The smallest absolute Gasteiger partial charge is 0.250 e. The summed E-state index contributed by atoms with van der Waals surface area (Å²) in [4.78, 5) is 26.6. The van der Waals surface area contributed by atoms with E-state index in [1.165, 1.54) is 30.6 Å². The SMILES string of the molecule is CC(C)(C#N)COc1ncc(-c2cnc3[nH]cc(/C=C/C(N)=O)c3n2)cc1F. The number of aromatic amines is 1. The number of pyridine rings is 1. The van der Waals surface area contributed by atoms with Gasteiger partial charge in [-0.05, 0) is 26.0 Å². The fourth-order valence-corrected chi connectivity index (χ4v) is 2.30. The van der Waals surface area contributed by atoms with Gasteiger partial charge in [-0.2, -0.15) is 5.26 Å². The maximum absolute atomic E-state index is 14.4. The summed E-state index contributed by atoms with van der Waals surface area (Å²) in [5.41, 5.74) is 6.80. The molecule has 0 bridgehead atoms. The first-order valence-corrected chi connectivity index (χ1v) is 8.31. The third-order valence-electron chi connectivity index (χ3n) is 3.81. The number of ether oxygens (including phenoxy) is 1. The molecule has 0 aliphatic heterocycles. The number of amides is 1. The Morgan fingerprint density at radius 3 is 2.89 bits per heavy atom. The fourth-order valence-electron chi connectivity index (χ4n) is 2.30. The minimum atomic E-state index is -0.758. The summed E-state index contributed by atoms with van der Waals surface area (Å²) in [5, 5.41) is 9.00. The summed E-state index contributed by atoms with van der Waals surface area (Å²) in [6.07, 6.45) is 7.27. The second kappa shape index (κ2) is 7.44. The number of fused-ring (bicyclic) bond motifs is 1. The minimum Gasteiger partial charge on any atom is -0.474 e. The average Bonchev–Trinajstić information content (AvgIpc) is 3.07. The lowest BCUT2D eigenvalue weighted by Crippen LogP contribution is -2.19. The van der Waals surface area contributed by atoms with Crippen LogP contribution in [0.15, 0.2) is 30.7 Å². The number of hydrogen-bond acceptors (Lipinski definition) is 6. The van der Waals surface area contributed by atoms with E-state index in [1.807, 2.05) is 0 Å².